The molecule has 4 saturated heterocycles. The van der Waals surface area contributed by atoms with Crippen LogP contribution in [0.15, 0.2) is 92.5 Å². The first kappa shape index (κ1) is 107. The van der Waals surface area contributed by atoms with E-state index in [-0.39, 0.29) is 65.6 Å². The second-order valence-electron chi connectivity index (χ2n) is 30.5. The number of carboxylic acids is 3. The number of ether oxygens (including phenoxy) is 1. The van der Waals surface area contributed by atoms with E-state index in [1.54, 1.807) is 52.5 Å². The standard InChI is InChI=1S/C26H40N4O3.C23H34N4O6.C18H33N3O3.C9H9Cl.C9H21N3.C3H5BrO2/c1-5-25-6-8-26(9-7-25)21-30-16-14-28(19-23(3)32)12-10-27(18-22(2)31)11-13-29(15-17-30)20-24(4)33;1-2-19-3-5-20(6-4-19)15-24-7-9-25(16-21(28)29)11-13-27(18-23(32)33)14-12-26(10-8-24)17-22(30)31;1-16(22)13-19-7-5-4-6-8-20(14-17(2)23)10-12-21(11-9-19)15-18(3)24;1-2-8-3-5-9(7-10)6-4-8;1-2-4-10-6-8-12-9-7-11-5-3-1;1-6-3(5)2-4/h5-9H,1,10-21H2,2-4H3;2-6H,1,7-18H2,(H,28,29)(H,30,31)(H,32,33);4-15H2,1-3H3;2-6H,1,7H2;10-12H,1-9H2;2H2,1H3. The molecule has 6 N–H and O–H groups in total. The van der Waals surface area contributed by atoms with Crippen LogP contribution in [-0.4, -0.2) is 382 Å². The molecule has 28 nitrogen and oxygen atoms in total. The van der Waals surface area contributed by atoms with Crippen molar-refractivity contribution in [2.45, 2.75) is 99.0 Å². The number of Topliss-reactive ketones (excluding diaryl/α,β-unsaturated/α-hetero) is 6. The fraction of sp³-hybridized carbons (Fsp3) is 0.614. The summed E-state index contributed by atoms with van der Waals surface area (Å²) >= 11 is 8.50. The van der Waals surface area contributed by atoms with Crippen LogP contribution in [0.1, 0.15) is 113 Å². The van der Waals surface area contributed by atoms with Gasteiger partial charge in [-0.2, -0.15) is 0 Å². The van der Waals surface area contributed by atoms with Crippen molar-refractivity contribution >= 4 is 104 Å². The van der Waals surface area contributed by atoms with Gasteiger partial charge in [0.15, 0.2) is 0 Å². The van der Waals surface area contributed by atoms with E-state index in [9.17, 15) is 63.3 Å². The monoisotopic (exact) mass is 1730 g/mol. The summed E-state index contributed by atoms with van der Waals surface area (Å²) in [7, 11) is 1.35. The van der Waals surface area contributed by atoms with Crippen LogP contribution in [0.3, 0.4) is 0 Å². The molecule has 4 aliphatic rings. The third-order valence-corrected chi connectivity index (χ3v) is 20.4. The van der Waals surface area contributed by atoms with E-state index in [0.717, 1.165) is 171 Å². The molecule has 7 rings (SSSR count). The second kappa shape index (κ2) is 66.7. The van der Waals surface area contributed by atoms with Crippen LogP contribution in [0, 0.1) is 0 Å². The van der Waals surface area contributed by atoms with Gasteiger partial charge in [-0.3, -0.25) is 102 Å². The Hall–Kier alpha value is -7.01. The van der Waals surface area contributed by atoms with E-state index in [1.807, 2.05) is 70.5 Å². The summed E-state index contributed by atoms with van der Waals surface area (Å²) < 4.78 is 4.21. The predicted molar refractivity (Wildman–Crippen MR) is 477 cm³/mol. The average Bonchev–Trinajstić information content (AvgIpc) is 0.876. The Labute approximate surface area is 717 Å². The number of aliphatic carboxylic acids is 3. The fourth-order valence-corrected chi connectivity index (χ4v) is 13.8. The zero-order valence-corrected chi connectivity index (χ0v) is 74.4. The Morgan fingerprint density at radius 1 is 0.331 bits per heavy atom. The molecular formula is C88H142BrClN14O14. The minimum atomic E-state index is -0.967. The number of carbonyl (C=O) groups excluding carboxylic acids is 7. The van der Waals surface area contributed by atoms with Crippen LogP contribution in [0.25, 0.3) is 18.2 Å². The molecule has 0 bridgehead atoms. The van der Waals surface area contributed by atoms with Gasteiger partial charge in [-0.05, 0) is 127 Å². The van der Waals surface area contributed by atoms with Crippen LogP contribution in [0.4, 0.5) is 0 Å². The van der Waals surface area contributed by atoms with Gasteiger partial charge in [0, 0.05) is 176 Å². The summed E-state index contributed by atoms with van der Waals surface area (Å²) in [6.45, 7) is 46.5. The number of alkyl halides is 2. The number of benzene rings is 3. The quantitative estimate of drug-likeness (QED) is 0.0349. The molecule has 4 aliphatic heterocycles. The number of halogens is 2. The van der Waals surface area contributed by atoms with E-state index in [1.165, 1.54) is 45.0 Å². The molecule has 30 heteroatoms. The zero-order chi connectivity index (χ0) is 87.3. The van der Waals surface area contributed by atoms with E-state index in [0.29, 0.717) is 104 Å². The van der Waals surface area contributed by atoms with Gasteiger partial charge in [0.25, 0.3) is 0 Å². The molecule has 0 aliphatic carbocycles. The van der Waals surface area contributed by atoms with Crippen molar-refractivity contribution in [3.05, 3.63) is 126 Å². The molecule has 662 valence electrons. The third-order valence-electron chi connectivity index (χ3n) is 19.6. The molecule has 0 radical (unpaired) electrons. The minimum Gasteiger partial charge on any atom is -0.480 e. The zero-order valence-electron chi connectivity index (χ0n) is 72.0. The number of carbonyl (C=O) groups is 10. The summed E-state index contributed by atoms with van der Waals surface area (Å²) in [4.78, 5) is 137. The number of nitrogens with zero attached hydrogens (tertiary/aromatic N) is 11. The van der Waals surface area contributed by atoms with Crippen molar-refractivity contribution < 1.29 is 68.0 Å². The molecule has 0 saturated carbocycles. The van der Waals surface area contributed by atoms with Crippen LogP contribution in [0.2, 0.25) is 0 Å². The van der Waals surface area contributed by atoms with Crippen LogP contribution < -0.4 is 16.0 Å². The van der Waals surface area contributed by atoms with Crippen molar-refractivity contribution in [2.24, 2.45) is 0 Å². The molecule has 0 amide bonds. The number of rotatable bonds is 27. The maximum Gasteiger partial charge on any atom is 0.317 e. The lowest BCUT2D eigenvalue weighted by atomic mass is 10.1. The summed E-state index contributed by atoms with van der Waals surface area (Å²) in [5.41, 5.74) is 6.74. The largest absolute Gasteiger partial charge is 0.480 e. The Bertz CT molecular complexity index is 3110. The van der Waals surface area contributed by atoms with Crippen molar-refractivity contribution in [3.8, 4) is 0 Å². The number of esters is 1. The molecular weight excluding hydrogens is 1590 g/mol. The van der Waals surface area contributed by atoms with Gasteiger partial charge < -0.3 is 36.0 Å². The van der Waals surface area contributed by atoms with Crippen LogP contribution in [0.5, 0.6) is 0 Å². The third kappa shape index (κ3) is 57.3. The first-order valence-corrected chi connectivity index (χ1v) is 43.2. The summed E-state index contributed by atoms with van der Waals surface area (Å²) in [5.74, 6) is -1.51. The maximum atomic E-state index is 11.9. The van der Waals surface area contributed by atoms with Gasteiger partial charge >= 0.3 is 23.9 Å². The highest BCUT2D eigenvalue weighted by atomic mass is 79.9. The Morgan fingerprint density at radius 2 is 0.542 bits per heavy atom. The minimum absolute atomic E-state index is 0.117. The van der Waals surface area contributed by atoms with Gasteiger partial charge in [-0.15, -0.1) is 11.6 Å². The predicted octanol–water partition coefficient (Wildman–Crippen LogP) is 6.53. The molecule has 0 spiro atoms. The SMILES string of the molecule is C1CCNCCNCCNCC1.C=Cc1ccc(CCl)cc1.C=Cc1ccc(CN2CCN(CC(=O)O)CCN(CC(=O)O)CCN(CC(=O)O)CC2)cc1.C=Cc1ccc(CN2CCN(CC(C)=O)CCN(CC(C)=O)CCN(CC(C)=O)CC2)cc1.CC(=O)CN1CCCCCN(CC(C)=O)CCN(CC(C)=O)CC1.COC(=O)CBr. The molecule has 118 heavy (non-hydrogen) atoms. The number of hydrogen-bond donors (Lipinski definition) is 6. The highest BCUT2D eigenvalue weighted by Crippen LogP contribution is 2.14. The van der Waals surface area contributed by atoms with E-state index < -0.39 is 17.9 Å². The summed E-state index contributed by atoms with van der Waals surface area (Å²) in [6.07, 6.45) is 12.7. The first-order valence-electron chi connectivity index (χ1n) is 41.6. The Kier molecular flexibility index (Phi) is 60.5. The smallest absolute Gasteiger partial charge is 0.317 e. The number of carboxylic acid groups (broad SMARTS) is 3. The van der Waals surface area contributed by atoms with Crippen molar-refractivity contribution in [1.82, 2.24) is 69.8 Å². The lowest BCUT2D eigenvalue weighted by molar-refractivity contribution is -0.140. The lowest BCUT2D eigenvalue weighted by Crippen LogP contribution is -2.48. The second-order valence-corrected chi connectivity index (χ2v) is 31.3. The summed E-state index contributed by atoms with van der Waals surface area (Å²) in [5, 5.41) is 38.3. The molecule has 4 heterocycles. The topological polar surface area (TPSA) is 312 Å². The van der Waals surface area contributed by atoms with Gasteiger partial charge in [0.2, 0.25) is 0 Å². The van der Waals surface area contributed by atoms with Crippen molar-refractivity contribution in [2.75, 3.05) is 255 Å². The molecule has 3 aromatic rings. The number of methoxy groups -OCH3 is 1. The van der Waals surface area contributed by atoms with Gasteiger partial charge in [-0.1, -0.05) is 140 Å². The van der Waals surface area contributed by atoms with E-state index in [2.05, 4.69) is 120 Å². The van der Waals surface area contributed by atoms with Crippen molar-refractivity contribution in [3.63, 3.8) is 0 Å². The molecule has 3 aromatic carbocycles. The first-order chi connectivity index (χ1) is 56.5. The van der Waals surface area contributed by atoms with Gasteiger partial charge in [-0.25, -0.2) is 0 Å². The van der Waals surface area contributed by atoms with E-state index in [4.69, 9.17) is 11.6 Å². The highest BCUT2D eigenvalue weighted by molar-refractivity contribution is 9.09. The average molecular weight is 1740 g/mol. The van der Waals surface area contributed by atoms with E-state index >= 15 is 0 Å². The lowest BCUT2D eigenvalue weighted by Gasteiger charge is -2.33. The molecule has 0 atom stereocenters. The van der Waals surface area contributed by atoms with Crippen LogP contribution in [-0.2, 0) is 71.7 Å². The number of hydrogen-bond acceptors (Lipinski definition) is 25. The fourth-order valence-electron chi connectivity index (χ4n) is 13.3. The van der Waals surface area contributed by atoms with Crippen LogP contribution >= 0.6 is 27.5 Å². The number of nitrogens with one attached hydrogen (secondary N) is 3. The van der Waals surface area contributed by atoms with Gasteiger partial charge in [0.1, 0.15) is 40.0 Å². The van der Waals surface area contributed by atoms with Gasteiger partial charge in [0.05, 0.1) is 66.0 Å². The normalized spacial score (nSPS) is 17.9. The maximum absolute atomic E-state index is 11.9. The van der Waals surface area contributed by atoms with Crippen molar-refractivity contribution in [1.29, 1.82) is 0 Å². The highest BCUT2D eigenvalue weighted by Gasteiger charge is 2.24. The molecule has 4 fully saturated rings. The Balaban J connectivity index is 0.000000518. The summed E-state index contributed by atoms with van der Waals surface area (Å²) in [6, 6.07) is 24.5. The number of ketones is 6. The Morgan fingerprint density at radius 3 is 0.746 bits per heavy atom. The molecule has 0 unspecified atom stereocenters. The molecule has 0 aromatic heterocycles.